The number of carbonyl (C=O) groups excluding carboxylic acids is 1. The number of nitrogens with zero attached hydrogens (tertiary/aromatic N) is 1. The molecule has 2 aliphatic rings. The van der Waals surface area contributed by atoms with Crippen molar-refractivity contribution >= 4 is 24.0 Å². The van der Waals surface area contributed by atoms with Gasteiger partial charge in [0, 0.05) is 24.3 Å². The van der Waals surface area contributed by atoms with E-state index in [-0.39, 0.29) is 18.3 Å². The van der Waals surface area contributed by atoms with Crippen LogP contribution in [-0.2, 0) is 0 Å². The van der Waals surface area contributed by atoms with Crippen LogP contribution in [0.2, 0.25) is 0 Å². The molecule has 0 heterocycles. The highest BCUT2D eigenvalue weighted by atomic mass is 35.5. The molecular weight excluding hydrogens is 272 g/mol. The van der Waals surface area contributed by atoms with Gasteiger partial charge in [-0.25, -0.2) is 0 Å². The molecule has 1 aromatic carbocycles. The molecule has 3 rings (SSSR count). The van der Waals surface area contributed by atoms with Crippen molar-refractivity contribution in [3.8, 4) is 0 Å². The molecule has 3 nitrogen and oxygen atoms in total. The molecule has 0 aromatic heterocycles. The van der Waals surface area contributed by atoms with Gasteiger partial charge in [-0.15, -0.1) is 12.4 Å². The Balaban J connectivity index is 0.00000147. The zero-order valence-electron chi connectivity index (χ0n) is 12.1. The third-order valence-corrected chi connectivity index (χ3v) is 4.47. The molecule has 1 amide bonds. The first-order chi connectivity index (χ1) is 9.08. The Labute approximate surface area is 126 Å². The minimum absolute atomic E-state index is 0. The van der Waals surface area contributed by atoms with E-state index in [1.807, 2.05) is 37.1 Å². The van der Waals surface area contributed by atoms with E-state index < -0.39 is 0 Å². The summed E-state index contributed by atoms with van der Waals surface area (Å²) in [7, 11) is 1.96. The number of carbonyl (C=O) groups is 1. The van der Waals surface area contributed by atoms with Crippen LogP contribution in [0.3, 0.4) is 0 Å². The summed E-state index contributed by atoms with van der Waals surface area (Å²) in [5, 5.41) is 0. The molecule has 0 spiro atoms. The van der Waals surface area contributed by atoms with Crippen LogP contribution < -0.4 is 5.73 Å². The first-order valence-electron chi connectivity index (χ1n) is 7.21. The summed E-state index contributed by atoms with van der Waals surface area (Å²) in [6, 6.07) is 6.05. The van der Waals surface area contributed by atoms with Crippen molar-refractivity contribution in [2.24, 2.45) is 11.8 Å². The second-order valence-electron chi connectivity index (χ2n) is 6.16. The van der Waals surface area contributed by atoms with Crippen molar-refractivity contribution in [3.63, 3.8) is 0 Å². The van der Waals surface area contributed by atoms with Crippen LogP contribution >= 0.6 is 12.4 Å². The molecular formula is C16H23ClN2O. The van der Waals surface area contributed by atoms with Crippen LogP contribution in [0.15, 0.2) is 18.2 Å². The van der Waals surface area contributed by atoms with Crippen molar-refractivity contribution in [2.75, 3.05) is 12.8 Å². The lowest BCUT2D eigenvalue weighted by atomic mass is 10.0. The van der Waals surface area contributed by atoms with Gasteiger partial charge in [0.05, 0.1) is 0 Å². The first-order valence-corrected chi connectivity index (χ1v) is 7.21. The van der Waals surface area contributed by atoms with Gasteiger partial charge in [0.15, 0.2) is 0 Å². The van der Waals surface area contributed by atoms with Gasteiger partial charge in [0.25, 0.3) is 5.91 Å². The topological polar surface area (TPSA) is 46.3 Å². The van der Waals surface area contributed by atoms with E-state index in [1.54, 1.807) is 0 Å². The van der Waals surface area contributed by atoms with Crippen molar-refractivity contribution in [3.05, 3.63) is 29.3 Å². The van der Waals surface area contributed by atoms with Crippen LogP contribution in [0.1, 0.15) is 41.6 Å². The zero-order chi connectivity index (χ0) is 13.6. The molecule has 2 saturated carbocycles. The Bertz CT molecular complexity index is 497. The fourth-order valence-electron chi connectivity index (χ4n) is 3.09. The number of anilines is 1. The third-order valence-electron chi connectivity index (χ3n) is 4.47. The van der Waals surface area contributed by atoms with Crippen LogP contribution in [0, 0.1) is 18.8 Å². The Morgan fingerprint density at radius 1 is 1.25 bits per heavy atom. The molecule has 0 atom stereocenters. The standard InChI is InChI=1S/C16H22N2O.ClH/c1-10-3-8-13(17)9-14(10)16(19)18(2)15(11-4-5-11)12-6-7-12;/h3,8-9,11-12,15H,4-7,17H2,1-2H3;1H. The van der Waals surface area contributed by atoms with Crippen molar-refractivity contribution in [1.29, 1.82) is 0 Å². The highest BCUT2D eigenvalue weighted by Crippen LogP contribution is 2.47. The van der Waals surface area contributed by atoms with Crippen molar-refractivity contribution in [1.82, 2.24) is 4.90 Å². The van der Waals surface area contributed by atoms with Crippen molar-refractivity contribution < 1.29 is 4.79 Å². The number of hydrogen-bond donors (Lipinski definition) is 1. The molecule has 0 bridgehead atoms. The average molecular weight is 295 g/mol. The van der Waals surface area contributed by atoms with Gasteiger partial charge < -0.3 is 10.6 Å². The number of nitrogen functional groups attached to an aromatic ring is 1. The highest BCUT2D eigenvalue weighted by molar-refractivity contribution is 5.96. The van der Waals surface area contributed by atoms with Crippen LogP contribution in [0.5, 0.6) is 0 Å². The predicted molar refractivity (Wildman–Crippen MR) is 84.2 cm³/mol. The molecule has 2 N–H and O–H groups in total. The fraction of sp³-hybridized carbons (Fsp3) is 0.562. The summed E-state index contributed by atoms with van der Waals surface area (Å²) in [5.74, 6) is 1.61. The summed E-state index contributed by atoms with van der Waals surface area (Å²) in [4.78, 5) is 14.7. The van der Waals surface area contributed by atoms with Crippen LogP contribution in [0.25, 0.3) is 0 Å². The van der Waals surface area contributed by atoms with Gasteiger partial charge in [-0.3, -0.25) is 4.79 Å². The second-order valence-corrected chi connectivity index (χ2v) is 6.16. The monoisotopic (exact) mass is 294 g/mol. The van der Waals surface area contributed by atoms with E-state index in [4.69, 9.17) is 5.73 Å². The zero-order valence-corrected chi connectivity index (χ0v) is 13.0. The molecule has 2 aliphatic carbocycles. The first kappa shape index (κ1) is 15.2. The third kappa shape index (κ3) is 2.93. The van der Waals surface area contributed by atoms with Gasteiger partial charge in [0.2, 0.25) is 0 Å². The molecule has 2 fully saturated rings. The Hall–Kier alpha value is -1.22. The van der Waals surface area contributed by atoms with E-state index in [2.05, 4.69) is 0 Å². The Morgan fingerprint density at radius 3 is 2.30 bits per heavy atom. The van der Waals surface area contributed by atoms with E-state index in [0.717, 1.165) is 23.0 Å². The Morgan fingerprint density at radius 2 is 1.80 bits per heavy atom. The molecule has 20 heavy (non-hydrogen) atoms. The normalized spacial score (nSPS) is 17.8. The van der Waals surface area contributed by atoms with E-state index in [0.29, 0.717) is 11.7 Å². The van der Waals surface area contributed by atoms with Crippen molar-refractivity contribution in [2.45, 2.75) is 38.6 Å². The van der Waals surface area contributed by atoms with Gasteiger partial charge in [-0.1, -0.05) is 6.07 Å². The number of benzene rings is 1. The lowest BCUT2D eigenvalue weighted by Crippen LogP contribution is -2.40. The minimum atomic E-state index is 0. The highest BCUT2D eigenvalue weighted by Gasteiger charge is 2.45. The lowest BCUT2D eigenvalue weighted by molar-refractivity contribution is 0.0689. The Kier molecular flexibility index (Phi) is 4.28. The molecule has 0 aliphatic heterocycles. The number of aryl methyl sites for hydroxylation is 1. The largest absolute Gasteiger partial charge is 0.399 e. The maximum atomic E-state index is 12.7. The summed E-state index contributed by atoms with van der Waals surface area (Å²) in [6.07, 6.45) is 5.15. The number of nitrogens with two attached hydrogens (primary N) is 1. The summed E-state index contributed by atoms with van der Waals surface area (Å²) >= 11 is 0. The maximum absolute atomic E-state index is 12.7. The number of hydrogen-bond acceptors (Lipinski definition) is 2. The maximum Gasteiger partial charge on any atom is 0.254 e. The molecule has 4 heteroatoms. The van der Waals surface area contributed by atoms with Crippen LogP contribution in [-0.4, -0.2) is 23.9 Å². The van der Waals surface area contributed by atoms with E-state index in [1.165, 1.54) is 25.7 Å². The quantitative estimate of drug-likeness (QED) is 0.867. The molecule has 0 radical (unpaired) electrons. The SMILES string of the molecule is Cc1ccc(N)cc1C(=O)N(C)C(C1CC1)C1CC1.Cl. The molecule has 0 saturated heterocycles. The molecule has 1 aromatic rings. The lowest BCUT2D eigenvalue weighted by Gasteiger charge is -2.29. The van der Waals surface area contributed by atoms with Gasteiger partial charge in [-0.2, -0.15) is 0 Å². The number of halogens is 1. The van der Waals surface area contributed by atoms with Gasteiger partial charge in [-0.05, 0) is 62.1 Å². The average Bonchev–Trinajstić information content (AvgIpc) is 3.24. The predicted octanol–water partition coefficient (Wildman–Crippen LogP) is 3.26. The number of amides is 1. The van der Waals surface area contributed by atoms with Crippen LogP contribution in [0.4, 0.5) is 5.69 Å². The second kappa shape index (κ2) is 5.65. The fourth-order valence-corrected chi connectivity index (χ4v) is 3.09. The van der Waals surface area contributed by atoms with E-state index in [9.17, 15) is 4.79 Å². The molecule has 110 valence electrons. The summed E-state index contributed by atoms with van der Waals surface area (Å²) in [6.45, 7) is 1.98. The van der Waals surface area contributed by atoms with E-state index >= 15 is 0 Å². The smallest absolute Gasteiger partial charge is 0.254 e. The van der Waals surface area contributed by atoms with Gasteiger partial charge >= 0.3 is 0 Å². The van der Waals surface area contributed by atoms with Gasteiger partial charge in [0.1, 0.15) is 0 Å². The number of rotatable bonds is 4. The summed E-state index contributed by atoms with van der Waals surface area (Å²) < 4.78 is 0. The minimum Gasteiger partial charge on any atom is -0.399 e. The molecule has 0 unspecified atom stereocenters. The summed E-state index contributed by atoms with van der Waals surface area (Å²) in [5.41, 5.74) is 8.25.